The number of hydrogen-bond donors (Lipinski definition) is 0. The zero-order valence-corrected chi connectivity index (χ0v) is 14.0. The topological polar surface area (TPSA) is 28.5 Å². The molecule has 0 bridgehead atoms. The van der Waals surface area contributed by atoms with Gasteiger partial charge in [0.05, 0.1) is 6.04 Å². The molecule has 4 nitrogen and oxygen atoms in total. The minimum Gasteiger partial charge on any atom is -0.349 e. The summed E-state index contributed by atoms with van der Waals surface area (Å²) in [5.41, 5.74) is 2.67. The molecule has 3 rings (SSSR count). The third-order valence-corrected chi connectivity index (χ3v) is 5.59. The monoisotopic (exact) mass is 303 g/mol. The van der Waals surface area contributed by atoms with Gasteiger partial charge >= 0.3 is 0 Å². The minimum atomic E-state index is 0.267. The van der Waals surface area contributed by atoms with Crippen LogP contribution < -0.4 is 0 Å². The van der Waals surface area contributed by atoms with Crippen LogP contribution in [0.2, 0.25) is 0 Å². The van der Waals surface area contributed by atoms with E-state index in [1.807, 2.05) is 4.90 Å². The van der Waals surface area contributed by atoms with Gasteiger partial charge in [0.25, 0.3) is 0 Å². The van der Waals surface area contributed by atoms with Gasteiger partial charge in [-0.25, -0.2) is 0 Å². The number of carbonyl (C=O) groups is 1. The van der Waals surface area contributed by atoms with Crippen molar-refractivity contribution < 1.29 is 4.79 Å². The summed E-state index contributed by atoms with van der Waals surface area (Å²) in [4.78, 5) is 15.9. The predicted molar refractivity (Wildman–Crippen MR) is 88.5 cm³/mol. The molecule has 3 heterocycles. The minimum absolute atomic E-state index is 0.267. The first kappa shape index (κ1) is 15.6. The van der Waals surface area contributed by atoms with Gasteiger partial charge in [0.15, 0.2) is 0 Å². The van der Waals surface area contributed by atoms with E-state index in [4.69, 9.17) is 0 Å². The Morgan fingerprint density at radius 1 is 1.14 bits per heavy atom. The molecule has 122 valence electrons. The van der Waals surface area contributed by atoms with Crippen molar-refractivity contribution >= 4 is 6.41 Å². The van der Waals surface area contributed by atoms with E-state index < -0.39 is 0 Å². The van der Waals surface area contributed by atoms with Gasteiger partial charge in [0.1, 0.15) is 0 Å². The average Bonchev–Trinajstić information content (AvgIpc) is 2.90. The molecule has 0 aromatic carbocycles. The summed E-state index contributed by atoms with van der Waals surface area (Å²) < 4.78 is 2.33. The lowest BCUT2D eigenvalue weighted by Gasteiger charge is -2.34. The Kier molecular flexibility index (Phi) is 4.87. The highest BCUT2D eigenvalue weighted by Gasteiger charge is 2.26. The van der Waals surface area contributed by atoms with Crippen LogP contribution in [0, 0.1) is 0 Å². The van der Waals surface area contributed by atoms with Gasteiger partial charge in [-0.3, -0.25) is 9.69 Å². The van der Waals surface area contributed by atoms with Crippen LogP contribution in [0.25, 0.3) is 0 Å². The van der Waals surface area contributed by atoms with Gasteiger partial charge in [-0.2, -0.15) is 0 Å². The van der Waals surface area contributed by atoms with Crippen LogP contribution in [-0.4, -0.2) is 39.9 Å². The number of likely N-dealkylation sites (tertiary alicyclic amines) is 2. The summed E-state index contributed by atoms with van der Waals surface area (Å²) in [7, 11) is 2.16. The van der Waals surface area contributed by atoms with Crippen molar-refractivity contribution in [1.82, 2.24) is 14.4 Å². The van der Waals surface area contributed by atoms with Crippen LogP contribution in [-0.2, 0) is 18.4 Å². The van der Waals surface area contributed by atoms with Gasteiger partial charge in [-0.1, -0.05) is 6.42 Å². The average molecular weight is 303 g/mol. The first-order valence-corrected chi connectivity index (χ1v) is 8.80. The van der Waals surface area contributed by atoms with E-state index in [1.54, 1.807) is 0 Å². The van der Waals surface area contributed by atoms with E-state index in [0.717, 1.165) is 32.3 Å². The molecule has 2 aliphatic heterocycles. The molecule has 2 aliphatic rings. The van der Waals surface area contributed by atoms with E-state index in [2.05, 4.69) is 35.6 Å². The maximum absolute atomic E-state index is 11.3. The highest BCUT2D eigenvalue weighted by Crippen LogP contribution is 2.31. The maximum Gasteiger partial charge on any atom is 0.210 e. The van der Waals surface area contributed by atoms with Gasteiger partial charge in [0.2, 0.25) is 6.41 Å². The van der Waals surface area contributed by atoms with Crippen molar-refractivity contribution in [2.75, 3.05) is 13.1 Å². The SMILES string of the molecule is CC1CCCCN1Cc1ccc(C2CCCCN2C=O)n1C. The molecule has 0 spiro atoms. The fourth-order valence-electron chi connectivity index (χ4n) is 4.06. The fraction of sp³-hybridized carbons (Fsp3) is 0.722. The molecule has 4 heteroatoms. The Balaban J connectivity index is 1.75. The van der Waals surface area contributed by atoms with Crippen molar-refractivity contribution in [2.45, 2.75) is 64.1 Å². The molecule has 1 aromatic rings. The van der Waals surface area contributed by atoms with Gasteiger partial charge < -0.3 is 9.47 Å². The molecule has 2 unspecified atom stereocenters. The zero-order valence-electron chi connectivity index (χ0n) is 14.0. The smallest absolute Gasteiger partial charge is 0.210 e. The molecule has 22 heavy (non-hydrogen) atoms. The molecule has 0 N–H and O–H groups in total. The number of nitrogens with zero attached hydrogens (tertiary/aromatic N) is 3. The molecular formula is C18H29N3O. The second kappa shape index (κ2) is 6.86. The summed E-state index contributed by atoms with van der Waals surface area (Å²) in [6, 6.07) is 5.45. The molecule has 2 saturated heterocycles. The summed E-state index contributed by atoms with van der Waals surface area (Å²) in [6.45, 7) is 5.49. The Morgan fingerprint density at radius 2 is 1.91 bits per heavy atom. The van der Waals surface area contributed by atoms with E-state index in [9.17, 15) is 4.79 Å². The van der Waals surface area contributed by atoms with Crippen LogP contribution >= 0.6 is 0 Å². The van der Waals surface area contributed by atoms with Crippen LogP contribution in [0.1, 0.15) is 62.9 Å². The molecule has 0 radical (unpaired) electrons. The Labute approximate surface area is 134 Å². The van der Waals surface area contributed by atoms with Crippen molar-refractivity contribution in [2.24, 2.45) is 7.05 Å². The number of piperidine rings is 2. The lowest BCUT2D eigenvalue weighted by atomic mass is 10.0. The second-order valence-corrected chi connectivity index (χ2v) is 6.98. The molecule has 1 amide bonds. The molecule has 2 atom stereocenters. The van der Waals surface area contributed by atoms with Crippen molar-refractivity contribution in [3.8, 4) is 0 Å². The highest BCUT2D eigenvalue weighted by atomic mass is 16.1. The third kappa shape index (κ3) is 3.07. The van der Waals surface area contributed by atoms with E-state index in [-0.39, 0.29) is 6.04 Å². The Hall–Kier alpha value is -1.29. The number of aromatic nitrogens is 1. The van der Waals surface area contributed by atoms with Crippen LogP contribution in [0.5, 0.6) is 0 Å². The molecular weight excluding hydrogens is 274 g/mol. The first-order chi connectivity index (χ1) is 10.7. The lowest BCUT2D eigenvalue weighted by molar-refractivity contribution is -0.121. The highest BCUT2D eigenvalue weighted by molar-refractivity contribution is 5.49. The van der Waals surface area contributed by atoms with E-state index >= 15 is 0 Å². The molecule has 2 fully saturated rings. The van der Waals surface area contributed by atoms with Crippen LogP contribution in [0.4, 0.5) is 0 Å². The first-order valence-electron chi connectivity index (χ1n) is 8.80. The molecule has 0 aliphatic carbocycles. The van der Waals surface area contributed by atoms with Gasteiger partial charge in [-0.05, 0) is 57.7 Å². The summed E-state index contributed by atoms with van der Waals surface area (Å²) in [5.74, 6) is 0. The van der Waals surface area contributed by atoms with Gasteiger partial charge in [0, 0.05) is 37.6 Å². The summed E-state index contributed by atoms with van der Waals surface area (Å²) in [5, 5.41) is 0. The number of carbonyl (C=O) groups excluding carboxylic acids is 1. The standard InChI is InChI=1S/C18H29N3O/c1-15-7-3-5-11-20(15)13-16-9-10-17(19(16)2)18-8-4-6-12-21(18)14-22/h9-10,14-15,18H,3-8,11-13H2,1-2H3. The summed E-state index contributed by atoms with van der Waals surface area (Å²) >= 11 is 0. The van der Waals surface area contributed by atoms with Crippen molar-refractivity contribution in [1.29, 1.82) is 0 Å². The maximum atomic E-state index is 11.3. The third-order valence-electron chi connectivity index (χ3n) is 5.59. The predicted octanol–water partition coefficient (Wildman–Crippen LogP) is 3.08. The van der Waals surface area contributed by atoms with E-state index in [0.29, 0.717) is 6.04 Å². The Bertz CT molecular complexity index is 510. The zero-order chi connectivity index (χ0) is 15.5. The lowest BCUT2D eigenvalue weighted by Crippen LogP contribution is -2.37. The Morgan fingerprint density at radius 3 is 2.68 bits per heavy atom. The second-order valence-electron chi connectivity index (χ2n) is 6.98. The van der Waals surface area contributed by atoms with Crippen LogP contribution in [0.3, 0.4) is 0 Å². The number of amides is 1. The van der Waals surface area contributed by atoms with E-state index in [1.165, 1.54) is 43.6 Å². The molecule has 1 aromatic heterocycles. The fourth-order valence-corrected chi connectivity index (χ4v) is 4.06. The molecule has 0 saturated carbocycles. The van der Waals surface area contributed by atoms with Gasteiger partial charge in [-0.15, -0.1) is 0 Å². The quantitative estimate of drug-likeness (QED) is 0.800. The number of rotatable bonds is 4. The number of hydrogen-bond acceptors (Lipinski definition) is 2. The summed E-state index contributed by atoms with van der Waals surface area (Å²) in [6.07, 6.45) is 8.49. The normalized spacial score (nSPS) is 27.1. The largest absolute Gasteiger partial charge is 0.349 e. The van der Waals surface area contributed by atoms with Crippen molar-refractivity contribution in [3.63, 3.8) is 0 Å². The van der Waals surface area contributed by atoms with Crippen molar-refractivity contribution in [3.05, 3.63) is 23.5 Å². The van der Waals surface area contributed by atoms with Crippen LogP contribution in [0.15, 0.2) is 12.1 Å².